The van der Waals surface area contributed by atoms with Gasteiger partial charge < -0.3 is 9.72 Å². The highest BCUT2D eigenvalue weighted by Gasteiger charge is 2.12. The van der Waals surface area contributed by atoms with Crippen LogP contribution in [0.3, 0.4) is 0 Å². The summed E-state index contributed by atoms with van der Waals surface area (Å²) >= 11 is 18.2. The fourth-order valence-electron chi connectivity index (χ4n) is 3.55. The number of rotatable bonds is 7. The smallest absolute Gasteiger partial charge is 0.264 e. The van der Waals surface area contributed by atoms with E-state index < -0.39 is 5.91 Å². The largest absolute Gasteiger partial charge is 0.482 e. The lowest BCUT2D eigenvalue weighted by Crippen LogP contribution is -2.39. The molecule has 0 atom stereocenters. The summed E-state index contributed by atoms with van der Waals surface area (Å²) in [7, 11) is 0. The van der Waals surface area contributed by atoms with Gasteiger partial charge >= 0.3 is 0 Å². The van der Waals surface area contributed by atoms with Crippen LogP contribution in [0.4, 0.5) is 5.95 Å². The Morgan fingerprint density at radius 2 is 1.75 bits per heavy atom. The number of nitrogens with zero attached hydrogens (tertiary/aromatic N) is 3. The zero-order valence-corrected chi connectivity index (χ0v) is 21.8. The van der Waals surface area contributed by atoms with Crippen LogP contribution >= 0.6 is 34.8 Å². The van der Waals surface area contributed by atoms with Crippen molar-refractivity contribution in [2.75, 3.05) is 18.5 Å². The summed E-state index contributed by atoms with van der Waals surface area (Å²) in [6.45, 7) is 3.83. The van der Waals surface area contributed by atoms with Crippen LogP contribution in [0, 0.1) is 13.8 Å². The molecule has 0 bridgehead atoms. The molecule has 3 N–H and O–H groups in total. The number of aromatic amines is 1. The van der Waals surface area contributed by atoms with Gasteiger partial charge in [0.1, 0.15) is 5.75 Å². The van der Waals surface area contributed by atoms with E-state index in [2.05, 4.69) is 30.6 Å². The van der Waals surface area contributed by atoms with Crippen molar-refractivity contribution in [3.05, 3.63) is 80.7 Å². The van der Waals surface area contributed by atoms with Gasteiger partial charge in [-0.2, -0.15) is 0 Å². The minimum Gasteiger partial charge on any atom is -0.482 e. The van der Waals surface area contributed by atoms with Gasteiger partial charge in [0.15, 0.2) is 6.61 Å². The predicted molar refractivity (Wildman–Crippen MR) is 145 cm³/mol. The monoisotopic (exact) mass is 544 g/mol. The van der Waals surface area contributed by atoms with Gasteiger partial charge in [0, 0.05) is 45.1 Å². The highest BCUT2D eigenvalue weighted by atomic mass is 35.5. The molecule has 0 saturated heterocycles. The number of aromatic nitrogens is 3. The minimum absolute atomic E-state index is 0.202. The Bertz CT molecular complexity index is 1420. The first-order chi connectivity index (χ1) is 17.3. The fraction of sp³-hybridized carbons (Fsp3) is 0.200. The quantitative estimate of drug-likeness (QED) is 0.203. The van der Waals surface area contributed by atoms with Crippen molar-refractivity contribution < 1.29 is 9.53 Å². The molecule has 11 heteroatoms. The lowest BCUT2D eigenvalue weighted by atomic mass is 10.1. The zero-order chi connectivity index (χ0) is 25.7. The number of H-pyrrole nitrogens is 1. The Morgan fingerprint density at radius 1 is 1.03 bits per heavy atom. The second-order valence-electron chi connectivity index (χ2n) is 8.00. The topological polar surface area (TPSA) is 104 Å². The number of fused-ring (bicyclic) bond motifs is 1. The summed E-state index contributed by atoms with van der Waals surface area (Å²) in [6.07, 6.45) is 2.55. The van der Waals surface area contributed by atoms with Crippen LogP contribution in [0.25, 0.3) is 10.9 Å². The van der Waals surface area contributed by atoms with Crippen molar-refractivity contribution in [1.82, 2.24) is 20.3 Å². The Morgan fingerprint density at radius 3 is 2.50 bits per heavy atom. The van der Waals surface area contributed by atoms with E-state index in [4.69, 9.17) is 39.5 Å². The van der Waals surface area contributed by atoms with Gasteiger partial charge in [-0.05, 0) is 68.3 Å². The molecular formula is C25H23Cl3N6O2. The molecule has 0 saturated carbocycles. The minimum atomic E-state index is -0.435. The second kappa shape index (κ2) is 11.6. The third kappa shape index (κ3) is 6.87. The number of halogens is 3. The molecular weight excluding hydrogens is 523 g/mol. The van der Waals surface area contributed by atoms with E-state index >= 15 is 0 Å². The van der Waals surface area contributed by atoms with Crippen molar-refractivity contribution in [2.45, 2.75) is 20.3 Å². The maximum atomic E-state index is 12.6. The van der Waals surface area contributed by atoms with E-state index in [0.29, 0.717) is 39.7 Å². The van der Waals surface area contributed by atoms with E-state index in [1.807, 2.05) is 44.3 Å². The lowest BCUT2D eigenvalue weighted by molar-refractivity contribution is -0.121. The number of carbonyl (C=O) groups excluding carboxylic acids is 1. The highest BCUT2D eigenvalue weighted by Crippen LogP contribution is 2.27. The van der Waals surface area contributed by atoms with Gasteiger partial charge in [-0.1, -0.05) is 34.8 Å². The van der Waals surface area contributed by atoms with Crippen molar-refractivity contribution in [2.24, 2.45) is 4.99 Å². The summed E-state index contributed by atoms with van der Waals surface area (Å²) in [5, 5.41) is 8.21. The molecule has 36 heavy (non-hydrogen) atoms. The lowest BCUT2D eigenvalue weighted by Gasteiger charge is -2.12. The zero-order valence-electron chi connectivity index (χ0n) is 19.5. The summed E-state index contributed by atoms with van der Waals surface area (Å²) in [4.78, 5) is 29.2. The van der Waals surface area contributed by atoms with Gasteiger partial charge in [0.05, 0.1) is 5.02 Å². The van der Waals surface area contributed by atoms with Crippen LogP contribution in [-0.2, 0) is 11.2 Å². The number of guanidine groups is 1. The number of ether oxygens (including phenoxy) is 1. The molecule has 2 aromatic carbocycles. The number of amides is 1. The normalized spacial score (nSPS) is 11.5. The molecule has 0 spiro atoms. The molecule has 4 aromatic rings. The van der Waals surface area contributed by atoms with Gasteiger partial charge in [0.25, 0.3) is 5.91 Å². The van der Waals surface area contributed by atoms with Crippen molar-refractivity contribution in [1.29, 1.82) is 0 Å². The number of anilines is 1. The molecule has 186 valence electrons. The number of aliphatic imine (C=N–C) groups is 1. The number of hydrogen-bond acceptors (Lipinski definition) is 5. The van der Waals surface area contributed by atoms with Crippen LogP contribution < -0.4 is 15.4 Å². The maximum absolute atomic E-state index is 12.6. The predicted octanol–water partition coefficient (Wildman–Crippen LogP) is 5.74. The Balaban J connectivity index is 1.47. The first-order valence-electron chi connectivity index (χ1n) is 11.0. The van der Waals surface area contributed by atoms with E-state index in [9.17, 15) is 4.79 Å². The highest BCUT2D eigenvalue weighted by molar-refractivity contribution is 6.35. The Kier molecular flexibility index (Phi) is 8.30. The molecule has 2 heterocycles. The fourth-order valence-corrected chi connectivity index (χ4v) is 4.18. The number of aryl methyl sites for hydroxylation is 2. The Hall–Kier alpha value is -3.33. The Labute approximate surface area is 223 Å². The summed E-state index contributed by atoms with van der Waals surface area (Å²) in [5.41, 5.74) is 3.62. The third-order valence-electron chi connectivity index (χ3n) is 5.10. The first-order valence-corrected chi connectivity index (χ1v) is 12.2. The van der Waals surface area contributed by atoms with Crippen LogP contribution in [0.1, 0.15) is 17.0 Å². The molecule has 0 aliphatic heterocycles. The first kappa shape index (κ1) is 25.8. The maximum Gasteiger partial charge on any atom is 0.264 e. The van der Waals surface area contributed by atoms with Crippen LogP contribution in [0.2, 0.25) is 15.1 Å². The van der Waals surface area contributed by atoms with Crippen LogP contribution in [0.5, 0.6) is 5.75 Å². The van der Waals surface area contributed by atoms with Gasteiger partial charge in [-0.3, -0.25) is 20.4 Å². The van der Waals surface area contributed by atoms with Crippen molar-refractivity contribution >= 4 is 63.5 Å². The van der Waals surface area contributed by atoms with E-state index in [0.717, 1.165) is 27.9 Å². The van der Waals surface area contributed by atoms with Gasteiger partial charge in [0.2, 0.25) is 11.9 Å². The third-order valence-corrected chi connectivity index (χ3v) is 5.87. The molecule has 0 fully saturated rings. The molecule has 0 aliphatic rings. The van der Waals surface area contributed by atoms with Crippen molar-refractivity contribution in [3.63, 3.8) is 0 Å². The molecule has 8 nitrogen and oxygen atoms in total. The molecule has 0 radical (unpaired) electrons. The van der Waals surface area contributed by atoms with E-state index in [1.165, 1.54) is 0 Å². The molecule has 1 amide bonds. The molecule has 2 aromatic heterocycles. The number of benzene rings is 2. The van der Waals surface area contributed by atoms with Gasteiger partial charge in [-0.25, -0.2) is 9.97 Å². The van der Waals surface area contributed by atoms with E-state index in [1.54, 1.807) is 18.2 Å². The SMILES string of the molecule is Cc1cc(C)nc(NC(=NCCc2c[nH]c3ccc(Cl)cc23)NC(=O)COc2ccc(Cl)cc2Cl)n1. The average Bonchev–Trinajstić information content (AvgIpc) is 3.19. The van der Waals surface area contributed by atoms with Crippen molar-refractivity contribution in [3.8, 4) is 5.75 Å². The summed E-state index contributed by atoms with van der Waals surface area (Å²) in [5.74, 6) is 0.439. The average molecular weight is 546 g/mol. The number of carbonyl (C=O) groups is 1. The molecule has 4 rings (SSSR count). The van der Waals surface area contributed by atoms with Crippen LogP contribution in [0.15, 0.2) is 53.7 Å². The standard InChI is InChI=1S/C25H23Cl3N6O2/c1-14-9-15(2)32-25(31-14)34-24(33-23(35)13-36-22-6-4-18(27)11-20(22)28)29-8-7-16-12-30-21-5-3-17(26)10-19(16)21/h3-6,9-12,30H,7-8,13H2,1-2H3,(H2,29,31,32,33,34,35). The van der Waals surface area contributed by atoms with Crippen LogP contribution in [-0.4, -0.2) is 40.0 Å². The summed E-state index contributed by atoms with van der Waals surface area (Å²) in [6, 6.07) is 12.3. The number of hydrogen-bond donors (Lipinski definition) is 3. The second-order valence-corrected chi connectivity index (χ2v) is 9.28. The molecule has 0 aliphatic carbocycles. The van der Waals surface area contributed by atoms with E-state index in [-0.39, 0.29) is 12.6 Å². The number of nitrogens with one attached hydrogen (secondary N) is 3. The van der Waals surface area contributed by atoms with Gasteiger partial charge in [-0.15, -0.1) is 0 Å². The summed E-state index contributed by atoms with van der Waals surface area (Å²) < 4.78 is 5.53. The molecule has 0 unspecified atom stereocenters.